The summed E-state index contributed by atoms with van der Waals surface area (Å²) in [5.41, 5.74) is 1.78. The molecule has 0 unspecified atom stereocenters. The van der Waals surface area contributed by atoms with Crippen LogP contribution in [0.2, 0.25) is 0 Å². The molecular weight excluding hydrogens is 320 g/mol. The molecule has 25 heavy (non-hydrogen) atoms. The van der Waals surface area contributed by atoms with Crippen molar-refractivity contribution in [1.82, 2.24) is 10.6 Å². The summed E-state index contributed by atoms with van der Waals surface area (Å²) < 4.78 is 5.04. The second kappa shape index (κ2) is 10.2. The highest BCUT2D eigenvalue weighted by atomic mass is 16.5. The van der Waals surface area contributed by atoms with E-state index in [1.165, 1.54) is 0 Å². The van der Waals surface area contributed by atoms with Gasteiger partial charge in [0.2, 0.25) is 0 Å². The van der Waals surface area contributed by atoms with Crippen LogP contribution in [-0.2, 0) is 14.3 Å². The molecule has 0 aliphatic rings. The van der Waals surface area contributed by atoms with E-state index in [0.717, 1.165) is 11.1 Å². The normalized spacial score (nSPS) is 10.5. The van der Waals surface area contributed by atoms with Gasteiger partial charge in [-0.05, 0) is 11.1 Å². The summed E-state index contributed by atoms with van der Waals surface area (Å²) in [7, 11) is 0. The lowest BCUT2D eigenvalue weighted by Crippen LogP contribution is -2.42. The molecular formula is C19H22N2O4. The van der Waals surface area contributed by atoms with Gasteiger partial charge in [-0.15, -0.1) is 0 Å². The van der Waals surface area contributed by atoms with Gasteiger partial charge < -0.3 is 20.5 Å². The standard InChI is InChI=1S/C19H22N2O4/c22-12-14-25-13-11-20-18(23)19(24)21-17(15-7-3-1-4-8-15)16-9-5-2-6-10-16/h1-10,17,22H,11-14H2,(H,20,23)(H,21,24). The lowest BCUT2D eigenvalue weighted by Gasteiger charge is -2.19. The molecule has 0 bridgehead atoms. The van der Waals surface area contributed by atoms with Crippen molar-refractivity contribution in [1.29, 1.82) is 0 Å². The third-order valence-electron chi connectivity index (χ3n) is 3.52. The highest BCUT2D eigenvalue weighted by molar-refractivity contribution is 6.35. The van der Waals surface area contributed by atoms with E-state index < -0.39 is 17.9 Å². The fourth-order valence-corrected chi connectivity index (χ4v) is 2.33. The fraction of sp³-hybridized carbons (Fsp3) is 0.263. The number of benzene rings is 2. The van der Waals surface area contributed by atoms with E-state index in [4.69, 9.17) is 9.84 Å². The molecule has 2 rings (SSSR count). The number of nitrogens with one attached hydrogen (secondary N) is 2. The van der Waals surface area contributed by atoms with Crippen molar-refractivity contribution in [2.75, 3.05) is 26.4 Å². The number of hydrogen-bond donors (Lipinski definition) is 3. The number of carbonyl (C=O) groups excluding carboxylic acids is 2. The zero-order valence-electron chi connectivity index (χ0n) is 13.9. The quantitative estimate of drug-likeness (QED) is 0.494. The largest absolute Gasteiger partial charge is 0.394 e. The van der Waals surface area contributed by atoms with Crippen molar-refractivity contribution in [2.45, 2.75) is 6.04 Å². The van der Waals surface area contributed by atoms with Gasteiger partial charge in [-0.2, -0.15) is 0 Å². The Hall–Kier alpha value is -2.70. The van der Waals surface area contributed by atoms with Crippen molar-refractivity contribution in [3.8, 4) is 0 Å². The Morgan fingerprint density at radius 2 is 1.44 bits per heavy atom. The van der Waals surface area contributed by atoms with Crippen LogP contribution in [0.3, 0.4) is 0 Å². The minimum atomic E-state index is -0.718. The summed E-state index contributed by atoms with van der Waals surface area (Å²) in [6.07, 6.45) is 0. The highest BCUT2D eigenvalue weighted by Gasteiger charge is 2.20. The van der Waals surface area contributed by atoms with Crippen LogP contribution in [0.15, 0.2) is 60.7 Å². The predicted octanol–water partition coefficient (Wildman–Crippen LogP) is 1.02. The molecule has 0 spiro atoms. The SMILES string of the molecule is O=C(NCCOCCO)C(=O)NC(c1ccccc1)c1ccccc1. The topological polar surface area (TPSA) is 87.7 Å². The van der Waals surface area contributed by atoms with E-state index in [-0.39, 0.29) is 26.4 Å². The second-order valence-electron chi connectivity index (χ2n) is 5.32. The molecule has 2 amide bonds. The number of hydrogen-bond acceptors (Lipinski definition) is 4. The Kier molecular flexibility index (Phi) is 7.62. The number of amides is 2. The highest BCUT2D eigenvalue weighted by Crippen LogP contribution is 2.21. The Bertz CT molecular complexity index is 622. The lowest BCUT2D eigenvalue weighted by atomic mass is 9.99. The molecule has 6 heteroatoms. The van der Waals surface area contributed by atoms with Gasteiger partial charge in [0.15, 0.2) is 0 Å². The van der Waals surface area contributed by atoms with Crippen LogP contribution < -0.4 is 10.6 Å². The number of ether oxygens (including phenoxy) is 1. The fourth-order valence-electron chi connectivity index (χ4n) is 2.33. The molecule has 132 valence electrons. The van der Waals surface area contributed by atoms with Crippen molar-refractivity contribution in [2.24, 2.45) is 0 Å². The van der Waals surface area contributed by atoms with E-state index in [0.29, 0.717) is 0 Å². The third kappa shape index (κ3) is 6.02. The van der Waals surface area contributed by atoms with Crippen LogP contribution in [0.5, 0.6) is 0 Å². The van der Waals surface area contributed by atoms with Gasteiger partial charge in [-0.3, -0.25) is 9.59 Å². The Morgan fingerprint density at radius 1 is 0.880 bits per heavy atom. The molecule has 3 N–H and O–H groups in total. The number of rotatable bonds is 8. The molecule has 0 radical (unpaired) electrons. The average Bonchev–Trinajstić information content (AvgIpc) is 2.67. The first-order valence-electron chi connectivity index (χ1n) is 8.09. The van der Waals surface area contributed by atoms with Crippen LogP contribution in [0.4, 0.5) is 0 Å². The van der Waals surface area contributed by atoms with Gasteiger partial charge in [-0.1, -0.05) is 60.7 Å². The molecule has 0 saturated heterocycles. The monoisotopic (exact) mass is 342 g/mol. The third-order valence-corrected chi connectivity index (χ3v) is 3.52. The summed E-state index contributed by atoms with van der Waals surface area (Å²) in [5.74, 6) is -1.43. The van der Waals surface area contributed by atoms with Gasteiger partial charge in [0.1, 0.15) is 0 Å². The minimum Gasteiger partial charge on any atom is -0.394 e. The van der Waals surface area contributed by atoms with Gasteiger partial charge in [0, 0.05) is 6.54 Å². The number of carbonyl (C=O) groups is 2. The molecule has 0 aliphatic heterocycles. The maximum absolute atomic E-state index is 12.2. The van der Waals surface area contributed by atoms with Crippen LogP contribution in [-0.4, -0.2) is 43.3 Å². The summed E-state index contributed by atoms with van der Waals surface area (Å²) in [5, 5.41) is 13.9. The van der Waals surface area contributed by atoms with Gasteiger partial charge in [0.25, 0.3) is 0 Å². The van der Waals surface area contributed by atoms with E-state index in [9.17, 15) is 9.59 Å². The maximum Gasteiger partial charge on any atom is 0.310 e. The van der Waals surface area contributed by atoms with Crippen molar-refractivity contribution in [3.05, 3.63) is 71.8 Å². The molecule has 0 aromatic heterocycles. The summed E-state index contributed by atoms with van der Waals surface area (Å²) in [4.78, 5) is 24.2. The molecule has 6 nitrogen and oxygen atoms in total. The smallest absolute Gasteiger partial charge is 0.310 e. The summed E-state index contributed by atoms with van der Waals surface area (Å²) >= 11 is 0. The van der Waals surface area contributed by atoms with Gasteiger partial charge in [0.05, 0.1) is 25.9 Å². The zero-order chi connectivity index (χ0) is 17.9. The van der Waals surface area contributed by atoms with E-state index >= 15 is 0 Å². The molecule has 0 heterocycles. The van der Waals surface area contributed by atoms with Crippen molar-refractivity contribution < 1.29 is 19.4 Å². The molecule has 0 saturated carbocycles. The van der Waals surface area contributed by atoms with Crippen LogP contribution in [0.1, 0.15) is 17.2 Å². The number of aliphatic hydroxyl groups is 1. The molecule has 2 aromatic rings. The summed E-state index contributed by atoms with van der Waals surface area (Å²) in [6.45, 7) is 0.560. The minimum absolute atomic E-state index is 0.0791. The first-order valence-corrected chi connectivity index (χ1v) is 8.09. The van der Waals surface area contributed by atoms with Crippen LogP contribution >= 0.6 is 0 Å². The molecule has 0 aliphatic carbocycles. The molecule has 0 atom stereocenters. The van der Waals surface area contributed by atoms with Crippen molar-refractivity contribution >= 4 is 11.8 Å². The first kappa shape index (κ1) is 18.6. The van der Waals surface area contributed by atoms with E-state index in [1.54, 1.807) is 0 Å². The summed E-state index contributed by atoms with van der Waals surface area (Å²) in [6, 6.07) is 18.5. The van der Waals surface area contributed by atoms with E-state index in [2.05, 4.69) is 10.6 Å². The Morgan fingerprint density at radius 3 is 1.96 bits per heavy atom. The number of aliphatic hydroxyl groups excluding tert-OH is 1. The Balaban J connectivity index is 1.99. The molecule has 0 fully saturated rings. The maximum atomic E-state index is 12.2. The van der Waals surface area contributed by atoms with Crippen molar-refractivity contribution in [3.63, 3.8) is 0 Å². The zero-order valence-corrected chi connectivity index (χ0v) is 13.9. The average molecular weight is 342 g/mol. The van der Waals surface area contributed by atoms with Crippen LogP contribution in [0, 0.1) is 0 Å². The molecule has 2 aromatic carbocycles. The second-order valence-corrected chi connectivity index (χ2v) is 5.32. The van der Waals surface area contributed by atoms with Crippen LogP contribution in [0.25, 0.3) is 0 Å². The predicted molar refractivity (Wildman–Crippen MR) is 93.8 cm³/mol. The first-order chi connectivity index (χ1) is 12.2. The van der Waals surface area contributed by atoms with Gasteiger partial charge >= 0.3 is 11.8 Å². The lowest BCUT2D eigenvalue weighted by molar-refractivity contribution is -0.139. The van der Waals surface area contributed by atoms with Gasteiger partial charge in [-0.25, -0.2) is 0 Å². The Labute approximate surface area is 146 Å². The van der Waals surface area contributed by atoms with E-state index in [1.807, 2.05) is 60.7 Å².